The first-order chi connectivity index (χ1) is 9.47. The third-order valence-electron chi connectivity index (χ3n) is 3.99. The molecule has 1 amide bonds. The molecule has 1 aromatic rings. The molecular formula is C15H21NO3S. The van der Waals surface area contributed by atoms with E-state index in [1.54, 1.807) is 16.2 Å². The van der Waals surface area contributed by atoms with Crippen molar-refractivity contribution in [1.29, 1.82) is 0 Å². The van der Waals surface area contributed by atoms with Crippen LogP contribution >= 0.6 is 11.3 Å². The fraction of sp³-hybridized carbons (Fsp3) is 0.600. The lowest BCUT2D eigenvalue weighted by molar-refractivity contribution is -0.145. The fourth-order valence-electron chi connectivity index (χ4n) is 2.78. The molecule has 4 nitrogen and oxygen atoms in total. The Morgan fingerprint density at radius 1 is 1.25 bits per heavy atom. The van der Waals surface area contributed by atoms with Gasteiger partial charge in [0.2, 0.25) is 5.91 Å². The van der Waals surface area contributed by atoms with E-state index < -0.39 is 5.97 Å². The molecule has 0 radical (unpaired) electrons. The number of nitrogens with zero attached hydrogens (tertiary/aromatic N) is 1. The van der Waals surface area contributed by atoms with Gasteiger partial charge in [0.1, 0.15) is 0 Å². The molecule has 0 aliphatic heterocycles. The lowest BCUT2D eigenvalue weighted by Crippen LogP contribution is -2.35. The number of aryl methyl sites for hydroxylation is 1. The normalized spacial score (nSPS) is 22.5. The predicted octanol–water partition coefficient (Wildman–Crippen LogP) is 2.91. The van der Waals surface area contributed by atoms with Gasteiger partial charge < -0.3 is 10.0 Å². The third kappa shape index (κ3) is 3.60. The van der Waals surface area contributed by atoms with E-state index >= 15 is 0 Å². The van der Waals surface area contributed by atoms with Gasteiger partial charge in [-0.25, -0.2) is 0 Å². The van der Waals surface area contributed by atoms with E-state index in [4.69, 9.17) is 5.11 Å². The van der Waals surface area contributed by atoms with Gasteiger partial charge in [-0.1, -0.05) is 0 Å². The Morgan fingerprint density at radius 3 is 2.35 bits per heavy atom. The minimum atomic E-state index is -0.724. The van der Waals surface area contributed by atoms with E-state index in [1.807, 2.05) is 7.05 Å². The zero-order valence-electron chi connectivity index (χ0n) is 12.0. The number of carboxylic acids is 1. The molecule has 1 aliphatic carbocycles. The van der Waals surface area contributed by atoms with Crippen LogP contribution in [-0.4, -0.2) is 28.9 Å². The van der Waals surface area contributed by atoms with Crippen LogP contribution in [0.5, 0.6) is 0 Å². The SMILES string of the molecule is Cc1ccc(CN(C)C(=O)C2CCC(C(=O)O)CC2)s1. The summed E-state index contributed by atoms with van der Waals surface area (Å²) in [6.45, 7) is 2.71. The van der Waals surface area contributed by atoms with Gasteiger partial charge in [0.15, 0.2) is 0 Å². The van der Waals surface area contributed by atoms with E-state index in [0.717, 1.165) is 0 Å². The molecule has 0 spiro atoms. The highest BCUT2D eigenvalue weighted by Crippen LogP contribution is 2.30. The van der Waals surface area contributed by atoms with Crippen molar-refractivity contribution in [2.75, 3.05) is 7.05 Å². The average molecular weight is 295 g/mol. The number of aliphatic carboxylic acids is 1. The number of rotatable bonds is 4. The Bertz CT molecular complexity index is 489. The molecule has 2 rings (SSSR count). The Kier molecular flexibility index (Phi) is 4.81. The summed E-state index contributed by atoms with van der Waals surface area (Å²) >= 11 is 1.71. The molecule has 1 heterocycles. The number of hydrogen-bond donors (Lipinski definition) is 1. The summed E-state index contributed by atoms with van der Waals surface area (Å²) in [7, 11) is 1.83. The number of carbonyl (C=O) groups is 2. The molecule has 0 saturated heterocycles. The second-order valence-electron chi connectivity index (χ2n) is 5.59. The van der Waals surface area contributed by atoms with Crippen LogP contribution in [0.3, 0.4) is 0 Å². The average Bonchev–Trinajstić information content (AvgIpc) is 2.83. The highest BCUT2D eigenvalue weighted by atomic mass is 32.1. The van der Waals surface area contributed by atoms with Gasteiger partial charge in [0.25, 0.3) is 0 Å². The van der Waals surface area contributed by atoms with Crippen LogP contribution in [0.25, 0.3) is 0 Å². The zero-order chi connectivity index (χ0) is 14.7. The maximum Gasteiger partial charge on any atom is 0.306 e. The van der Waals surface area contributed by atoms with Gasteiger partial charge >= 0.3 is 5.97 Å². The summed E-state index contributed by atoms with van der Waals surface area (Å²) in [5.41, 5.74) is 0. The number of amides is 1. The van der Waals surface area contributed by atoms with Crippen molar-refractivity contribution in [3.63, 3.8) is 0 Å². The quantitative estimate of drug-likeness (QED) is 0.929. The Labute approximate surface area is 123 Å². The van der Waals surface area contributed by atoms with Crippen molar-refractivity contribution in [2.24, 2.45) is 11.8 Å². The first kappa shape index (κ1) is 15.0. The Morgan fingerprint density at radius 2 is 1.85 bits per heavy atom. The second-order valence-corrected chi connectivity index (χ2v) is 6.97. The van der Waals surface area contributed by atoms with Crippen LogP contribution in [0.2, 0.25) is 0 Å². The molecule has 0 bridgehead atoms. The molecule has 1 saturated carbocycles. The minimum absolute atomic E-state index is 0.00309. The molecule has 1 aliphatic rings. The van der Waals surface area contributed by atoms with Gasteiger partial charge in [-0.15, -0.1) is 11.3 Å². The van der Waals surface area contributed by atoms with Crippen molar-refractivity contribution >= 4 is 23.2 Å². The van der Waals surface area contributed by atoms with Crippen LogP contribution in [0, 0.1) is 18.8 Å². The molecule has 110 valence electrons. The summed E-state index contributed by atoms with van der Waals surface area (Å²) in [6, 6.07) is 4.13. The minimum Gasteiger partial charge on any atom is -0.481 e. The number of carboxylic acid groups (broad SMARTS) is 1. The molecule has 1 fully saturated rings. The summed E-state index contributed by atoms with van der Waals surface area (Å²) < 4.78 is 0. The zero-order valence-corrected chi connectivity index (χ0v) is 12.8. The standard InChI is InChI=1S/C15H21NO3S/c1-10-3-8-13(20-10)9-16(2)14(17)11-4-6-12(7-5-11)15(18)19/h3,8,11-12H,4-7,9H2,1-2H3,(H,18,19). The molecule has 1 aromatic heterocycles. The third-order valence-corrected chi connectivity index (χ3v) is 4.98. The van der Waals surface area contributed by atoms with Crippen LogP contribution in [0.1, 0.15) is 35.4 Å². The lowest BCUT2D eigenvalue weighted by atomic mass is 9.81. The summed E-state index contributed by atoms with van der Waals surface area (Å²) in [4.78, 5) is 27.5. The maximum atomic E-state index is 12.4. The van der Waals surface area contributed by atoms with Crippen molar-refractivity contribution < 1.29 is 14.7 Å². The lowest BCUT2D eigenvalue weighted by Gasteiger charge is -2.28. The van der Waals surface area contributed by atoms with Crippen molar-refractivity contribution in [2.45, 2.75) is 39.2 Å². The van der Waals surface area contributed by atoms with Gasteiger partial charge in [-0.3, -0.25) is 9.59 Å². The van der Waals surface area contributed by atoms with Crippen LogP contribution < -0.4 is 0 Å². The van der Waals surface area contributed by atoms with Crippen molar-refractivity contribution in [1.82, 2.24) is 4.90 Å². The highest BCUT2D eigenvalue weighted by Gasteiger charge is 2.31. The number of thiophene rings is 1. The molecule has 1 N–H and O–H groups in total. The molecule has 0 atom stereocenters. The molecular weight excluding hydrogens is 274 g/mol. The van der Waals surface area contributed by atoms with Crippen LogP contribution in [0.4, 0.5) is 0 Å². The van der Waals surface area contributed by atoms with Gasteiger partial charge in [-0.2, -0.15) is 0 Å². The van der Waals surface area contributed by atoms with E-state index in [1.165, 1.54) is 9.75 Å². The monoisotopic (exact) mass is 295 g/mol. The summed E-state index contributed by atoms with van der Waals surface area (Å²) in [5, 5.41) is 8.98. The Hall–Kier alpha value is -1.36. The van der Waals surface area contributed by atoms with E-state index in [9.17, 15) is 9.59 Å². The summed E-state index contributed by atoms with van der Waals surface area (Å²) in [6.07, 6.45) is 2.64. The second kappa shape index (κ2) is 6.39. The molecule has 20 heavy (non-hydrogen) atoms. The predicted molar refractivity (Wildman–Crippen MR) is 78.6 cm³/mol. The topological polar surface area (TPSA) is 57.6 Å². The van der Waals surface area contributed by atoms with Crippen molar-refractivity contribution in [3.05, 3.63) is 21.9 Å². The van der Waals surface area contributed by atoms with Crippen LogP contribution in [0.15, 0.2) is 12.1 Å². The number of carbonyl (C=O) groups excluding carboxylic acids is 1. The number of hydrogen-bond acceptors (Lipinski definition) is 3. The molecule has 5 heteroatoms. The first-order valence-electron chi connectivity index (χ1n) is 7.00. The van der Waals surface area contributed by atoms with Gasteiger partial charge in [-0.05, 0) is 44.7 Å². The largest absolute Gasteiger partial charge is 0.481 e. The highest BCUT2D eigenvalue weighted by molar-refractivity contribution is 7.11. The fourth-order valence-corrected chi connectivity index (χ4v) is 3.72. The van der Waals surface area contributed by atoms with Gasteiger partial charge in [0.05, 0.1) is 12.5 Å². The Balaban J connectivity index is 1.86. The van der Waals surface area contributed by atoms with E-state index in [0.29, 0.717) is 32.2 Å². The van der Waals surface area contributed by atoms with E-state index in [-0.39, 0.29) is 17.7 Å². The molecule has 0 aromatic carbocycles. The van der Waals surface area contributed by atoms with E-state index in [2.05, 4.69) is 19.1 Å². The maximum absolute atomic E-state index is 12.4. The first-order valence-corrected chi connectivity index (χ1v) is 7.82. The smallest absolute Gasteiger partial charge is 0.306 e. The van der Waals surface area contributed by atoms with Gasteiger partial charge in [0, 0.05) is 22.7 Å². The summed E-state index contributed by atoms with van der Waals surface area (Å²) in [5.74, 6) is -0.834. The van der Waals surface area contributed by atoms with Crippen LogP contribution in [-0.2, 0) is 16.1 Å². The van der Waals surface area contributed by atoms with Crippen molar-refractivity contribution in [3.8, 4) is 0 Å². The molecule has 0 unspecified atom stereocenters.